The number of fused-ring (bicyclic) bond motifs is 16. The van der Waals surface area contributed by atoms with Crippen molar-refractivity contribution in [3.63, 3.8) is 0 Å². The zero-order valence-corrected chi connectivity index (χ0v) is 30.7. The molecule has 260 valence electrons. The average Bonchev–Trinajstić information content (AvgIpc) is 3.74. The minimum Gasteiger partial charge on any atom is -0.310 e. The van der Waals surface area contributed by atoms with E-state index in [4.69, 9.17) is 0 Å². The number of anilines is 3. The molecule has 0 aromatic heterocycles. The molecular weight excluding hydrogens is 675 g/mol. The largest absolute Gasteiger partial charge is 0.310 e. The fourth-order valence-electron chi connectivity index (χ4n) is 10.2. The summed E-state index contributed by atoms with van der Waals surface area (Å²) in [6.45, 7) is 0. The van der Waals surface area contributed by atoms with E-state index in [1.807, 2.05) is 0 Å². The number of para-hydroxylation sites is 1. The molecule has 10 aromatic carbocycles. The highest BCUT2D eigenvalue weighted by Gasteiger charge is 2.51. The van der Waals surface area contributed by atoms with Crippen LogP contribution in [0.25, 0.3) is 65.7 Å². The number of nitrogens with zero attached hydrogens (tertiary/aromatic N) is 1. The van der Waals surface area contributed by atoms with Crippen LogP contribution < -0.4 is 4.90 Å². The second kappa shape index (κ2) is 11.9. The van der Waals surface area contributed by atoms with E-state index in [0.717, 1.165) is 11.4 Å². The van der Waals surface area contributed by atoms with E-state index in [1.165, 1.54) is 93.6 Å². The van der Waals surface area contributed by atoms with Crippen LogP contribution in [0.4, 0.5) is 17.1 Å². The summed E-state index contributed by atoms with van der Waals surface area (Å²) in [4.78, 5) is 2.42. The van der Waals surface area contributed by atoms with Crippen LogP contribution in [0.15, 0.2) is 212 Å². The first-order chi connectivity index (χ1) is 27.8. The van der Waals surface area contributed by atoms with Crippen molar-refractivity contribution in [3.8, 4) is 33.4 Å². The van der Waals surface area contributed by atoms with Gasteiger partial charge in [0, 0.05) is 16.8 Å². The van der Waals surface area contributed by atoms with Crippen molar-refractivity contribution in [2.24, 2.45) is 0 Å². The molecule has 1 heteroatoms. The summed E-state index contributed by atoms with van der Waals surface area (Å²) in [5.41, 5.74) is 16.3. The van der Waals surface area contributed by atoms with Crippen LogP contribution in [0.2, 0.25) is 0 Å². The fourth-order valence-corrected chi connectivity index (χ4v) is 10.2. The van der Waals surface area contributed by atoms with Gasteiger partial charge in [0.1, 0.15) is 0 Å². The van der Waals surface area contributed by atoms with Crippen LogP contribution in [0.3, 0.4) is 0 Å². The number of benzene rings is 10. The lowest BCUT2D eigenvalue weighted by molar-refractivity contribution is 0.794. The predicted octanol–water partition coefficient (Wildman–Crippen LogP) is 14.6. The maximum Gasteiger partial charge on any atom is 0.0725 e. The molecule has 0 heterocycles. The molecule has 0 N–H and O–H groups in total. The van der Waals surface area contributed by atoms with Gasteiger partial charge >= 0.3 is 0 Å². The molecule has 2 aliphatic carbocycles. The fraction of sp³-hybridized carbons (Fsp3) is 0.0182. The van der Waals surface area contributed by atoms with Gasteiger partial charge in [-0.2, -0.15) is 0 Å². The molecule has 0 aliphatic heterocycles. The van der Waals surface area contributed by atoms with E-state index in [-0.39, 0.29) is 5.41 Å². The molecule has 12 rings (SSSR count). The summed E-state index contributed by atoms with van der Waals surface area (Å²) in [7, 11) is 0. The Morgan fingerprint density at radius 3 is 1.32 bits per heavy atom. The highest BCUT2D eigenvalue weighted by Crippen LogP contribution is 2.63. The topological polar surface area (TPSA) is 3.24 Å². The predicted molar refractivity (Wildman–Crippen MR) is 235 cm³/mol. The summed E-state index contributed by atoms with van der Waals surface area (Å²) >= 11 is 0. The third-order valence-electron chi connectivity index (χ3n) is 12.5. The summed E-state index contributed by atoms with van der Waals surface area (Å²) in [6, 6.07) is 78.6. The van der Waals surface area contributed by atoms with E-state index in [1.54, 1.807) is 0 Å². The molecule has 0 unspecified atom stereocenters. The Bertz CT molecular complexity index is 3100. The number of hydrogen-bond donors (Lipinski definition) is 0. The Labute approximate surface area is 326 Å². The van der Waals surface area contributed by atoms with Gasteiger partial charge < -0.3 is 4.90 Å². The zero-order chi connectivity index (χ0) is 36.8. The molecule has 0 atom stereocenters. The van der Waals surface area contributed by atoms with Crippen LogP contribution in [0.1, 0.15) is 22.3 Å². The lowest BCUT2D eigenvalue weighted by atomic mass is 9.70. The van der Waals surface area contributed by atoms with Crippen LogP contribution in [-0.2, 0) is 5.41 Å². The molecule has 0 bridgehead atoms. The summed E-state index contributed by atoms with van der Waals surface area (Å²) in [6.07, 6.45) is 0. The van der Waals surface area contributed by atoms with Gasteiger partial charge in [0.15, 0.2) is 0 Å². The molecular formula is C55H35N. The first-order valence-corrected chi connectivity index (χ1v) is 19.5. The van der Waals surface area contributed by atoms with E-state index in [2.05, 4.69) is 217 Å². The molecule has 1 nitrogen and oxygen atoms in total. The molecule has 1 spiro atoms. The smallest absolute Gasteiger partial charge is 0.0725 e. The SMILES string of the molecule is c1ccc(N(c2ccc(-c3ccc4c(c3)-c3ccccc3C43c4ccccc4-c4ccccc43)cc2)c2cccc3c4ccccc4c4ccccc4c23)cc1. The molecule has 56 heavy (non-hydrogen) atoms. The molecule has 10 aromatic rings. The van der Waals surface area contributed by atoms with Gasteiger partial charge in [-0.05, 0) is 119 Å². The normalized spacial score (nSPS) is 13.1. The van der Waals surface area contributed by atoms with Crippen molar-refractivity contribution in [3.05, 3.63) is 235 Å². The zero-order valence-electron chi connectivity index (χ0n) is 30.7. The summed E-state index contributed by atoms with van der Waals surface area (Å²) in [5.74, 6) is 0. The third kappa shape index (κ3) is 4.20. The van der Waals surface area contributed by atoms with Gasteiger partial charge in [0.2, 0.25) is 0 Å². The van der Waals surface area contributed by atoms with E-state index >= 15 is 0 Å². The Balaban J connectivity index is 1.02. The van der Waals surface area contributed by atoms with Crippen molar-refractivity contribution in [2.45, 2.75) is 5.41 Å². The van der Waals surface area contributed by atoms with Crippen molar-refractivity contribution < 1.29 is 0 Å². The standard InChI is InChI=1S/C55H35N/c1-2-15-38(16-3-1)56(53-28-14-24-47-42-18-5-4-17-40(42)41-19-6-7-23-46(41)54(47)53)39-32-29-36(30-33-39)37-31-34-52-48(35-37)45-22-10-13-27-51(45)55(52)49-25-11-8-20-43(49)44-21-9-12-26-50(44)55/h1-35H. The highest BCUT2D eigenvalue weighted by molar-refractivity contribution is 6.28. The minimum atomic E-state index is -0.328. The second-order valence-corrected chi connectivity index (χ2v) is 15.2. The Kier molecular flexibility index (Phi) is 6.62. The average molecular weight is 710 g/mol. The van der Waals surface area contributed by atoms with Crippen LogP contribution in [-0.4, -0.2) is 0 Å². The molecule has 0 amide bonds. The van der Waals surface area contributed by atoms with Crippen molar-refractivity contribution in [1.82, 2.24) is 0 Å². The van der Waals surface area contributed by atoms with Gasteiger partial charge in [-0.3, -0.25) is 0 Å². The molecule has 0 saturated heterocycles. The quantitative estimate of drug-likeness (QED) is 0.164. The Morgan fingerprint density at radius 1 is 0.286 bits per heavy atom. The van der Waals surface area contributed by atoms with E-state index in [0.29, 0.717) is 0 Å². The highest BCUT2D eigenvalue weighted by atomic mass is 15.1. The summed E-state index contributed by atoms with van der Waals surface area (Å²) in [5, 5.41) is 7.62. The first kappa shape index (κ1) is 31.2. The molecule has 0 radical (unpaired) electrons. The van der Waals surface area contributed by atoms with Crippen molar-refractivity contribution in [1.29, 1.82) is 0 Å². The second-order valence-electron chi connectivity index (χ2n) is 15.2. The van der Waals surface area contributed by atoms with Gasteiger partial charge in [-0.1, -0.05) is 176 Å². The van der Waals surface area contributed by atoms with Gasteiger partial charge in [0.25, 0.3) is 0 Å². The number of rotatable bonds is 4. The third-order valence-corrected chi connectivity index (χ3v) is 12.5. The van der Waals surface area contributed by atoms with Crippen molar-refractivity contribution >= 4 is 49.4 Å². The van der Waals surface area contributed by atoms with E-state index in [9.17, 15) is 0 Å². The van der Waals surface area contributed by atoms with Crippen LogP contribution in [0.5, 0.6) is 0 Å². The van der Waals surface area contributed by atoms with Crippen molar-refractivity contribution in [2.75, 3.05) is 4.90 Å². The maximum absolute atomic E-state index is 2.43. The summed E-state index contributed by atoms with van der Waals surface area (Å²) < 4.78 is 0. The Morgan fingerprint density at radius 2 is 0.714 bits per heavy atom. The lowest BCUT2D eigenvalue weighted by Gasteiger charge is -2.30. The molecule has 0 fully saturated rings. The van der Waals surface area contributed by atoms with Gasteiger partial charge in [-0.15, -0.1) is 0 Å². The maximum atomic E-state index is 2.43. The lowest BCUT2D eigenvalue weighted by Crippen LogP contribution is -2.25. The Hall–Kier alpha value is -7.22. The van der Waals surface area contributed by atoms with Gasteiger partial charge in [0.05, 0.1) is 11.1 Å². The minimum absolute atomic E-state index is 0.328. The molecule has 2 aliphatic rings. The van der Waals surface area contributed by atoms with E-state index < -0.39 is 0 Å². The van der Waals surface area contributed by atoms with Crippen LogP contribution in [0, 0.1) is 0 Å². The number of hydrogen-bond acceptors (Lipinski definition) is 1. The molecule has 0 saturated carbocycles. The monoisotopic (exact) mass is 709 g/mol. The van der Waals surface area contributed by atoms with Crippen LogP contribution >= 0.6 is 0 Å². The van der Waals surface area contributed by atoms with Gasteiger partial charge in [-0.25, -0.2) is 0 Å². The first-order valence-electron chi connectivity index (χ1n) is 19.5.